The third kappa shape index (κ3) is 1.81. The van der Waals surface area contributed by atoms with Crippen molar-refractivity contribution in [3.63, 3.8) is 0 Å². The van der Waals surface area contributed by atoms with Gasteiger partial charge in [-0.1, -0.05) is 0 Å². The van der Waals surface area contributed by atoms with Crippen LogP contribution in [0.15, 0.2) is 30.9 Å². The van der Waals surface area contributed by atoms with Gasteiger partial charge in [0.2, 0.25) is 0 Å². The van der Waals surface area contributed by atoms with Crippen molar-refractivity contribution >= 4 is 11.4 Å². The number of fused-ring (bicyclic) bond motifs is 3. The molecular formula is C14H16N4O. The number of amides is 1. The summed E-state index contributed by atoms with van der Waals surface area (Å²) in [6, 6.07) is 4.52. The maximum Gasteiger partial charge on any atom is 0.253 e. The lowest BCUT2D eigenvalue weighted by Crippen LogP contribution is -2.47. The largest absolute Gasteiger partial charge is 0.348 e. The fourth-order valence-corrected chi connectivity index (χ4v) is 3.32. The molecule has 3 heterocycles. The number of carbonyl (C=O) groups is 1. The molecule has 1 aliphatic heterocycles. The first-order valence-electron chi connectivity index (χ1n) is 6.75. The van der Waals surface area contributed by atoms with E-state index >= 15 is 0 Å². The third-order valence-electron chi connectivity index (χ3n) is 4.32. The van der Waals surface area contributed by atoms with Gasteiger partial charge in [-0.2, -0.15) is 0 Å². The number of nitrogens with one attached hydrogen (secondary N) is 2. The Morgan fingerprint density at radius 3 is 3.16 bits per heavy atom. The average molecular weight is 256 g/mol. The Morgan fingerprint density at radius 2 is 2.37 bits per heavy atom. The van der Waals surface area contributed by atoms with Gasteiger partial charge in [0.1, 0.15) is 0 Å². The molecule has 1 amide bonds. The maximum absolute atomic E-state index is 12.3. The second kappa shape index (κ2) is 4.06. The molecule has 2 fully saturated rings. The number of rotatable bonds is 2. The van der Waals surface area contributed by atoms with E-state index in [-0.39, 0.29) is 11.9 Å². The highest BCUT2D eigenvalue weighted by molar-refractivity contribution is 5.94. The summed E-state index contributed by atoms with van der Waals surface area (Å²) in [5.74, 6) is 0.751. The minimum atomic E-state index is 0.00921. The van der Waals surface area contributed by atoms with Gasteiger partial charge in [-0.3, -0.25) is 4.79 Å². The van der Waals surface area contributed by atoms with E-state index in [0.29, 0.717) is 11.6 Å². The molecule has 1 saturated carbocycles. The minimum Gasteiger partial charge on any atom is -0.348 e. The molecule has 0 unspecified atom stereocenters. The van der Waals surface area contributed by atoms with Gasteiger partial charge in [0.05, 0.1) is 23.6 Å². The Balaban J connectivity index is 1.53. The van der Waals surface area contributed by atoms with Gasteiger partial charge < -0.3 is 15.0 Å². The molecule has 2 aromatic rings. The molecule has 2 aromatic heterocycles. The van der Waals surface area contributed by atoms with Crippen LogP contribution in [0.1, 0.15) is 23.2 Å². The molecule has 2 bridgehead atoms. The molecule has 5 heteroatoms. The van der Waals surface area contributed by atoms with Gasteiger partial charge in [-0.15, -0.1) is 0 Å². The van der Waals surface area contributed by atoms with E-state index < -0.39 is 0 Å². The summed E-state index contributed by atoms with van der Waals surface area (Å²) in [5, 5.41) is 6.61. The van der Waals surface area contributed by atoms with E-state index in [1.165, 1.54) is 6.42 Å². The minimum absolute atomic E-state index is 0.00921. The Kier molecular flexibility index (Phi) is 2.35. The number of aromatic nitrogens is 2. The van der Waals surface area contributed by atoms with Crippen LogP contribution in [0.3, 0.4) is 0 Å². The van der Waals surface area contributed by atoms with Crippen LogP contribution >= 0.6 is 0 Å². The van der Waals surface area contributed by atoms with E-state index in [9.17, 15) is 4.79 Å². The number of imidazole rings is 1. The summed E-state index contributed by atoms with van der Waals surface area (Å²) in [4.78, 5) is 16.3. The molecule has 19 heavy (non-hydrogen) atoms. The van der Waals surface area contributed by atoms with Gasteiger partial charge in [-0.05, 0) is 37.4 Å². The predicted molar refractivity (Wildman–Crippen MR) is 71.0 cm³/mol. The van der Waals surface area contributed by atoms with Crippen molar-refractivity contribution in [2.75, 3.05) is 6.54 Å². The lowest BCUT2D eigenvalue weighted by molar-refractivity contribution is 0.0928. The lowest BCUT2D eigenvalue weighted by Gasteiger charge is -2.23. The van der Waals surface area contributed by atoms with Crippen LogP contribution in [-0.2, 0) is 0 Å². The third-order valence-corrected chi connectivity index (χ3v) is 4.32. The molecule has 0 aromatic carbocycles. The topological polar surface area (TPSA) is 58.4 Å². The maximum atomic E-state index is 12.3. The SMILES string of the molecule is O=C(N[C@@H]1C[C@@H]2CN[C@@H]1C2)c1ccc2cncn2c1. The second-order valence-corrected chi connectivity index (χ2v) is 5.58. The monoisotopic (exact) mass is 256 g/mol. The fraction of sp³-hybridized carbons (Fsp3) is 0.429. The van der Waals surface area contributed by atoms with Gasteiger partial charge in [0, 0.05) is 18.3 Å². The summed E-state index contributed by atoms with van der Waals surface area (Å²) in [7, 11) is 0. The van der Waals surface area contributed by atoms with Crippen molar-refractivity contribution in [2.24, 2.45) is 5.92 Å². The number of piperidine rings is 1. The number of pyridine rings is 1. The number of hydrogen-bond donors (Lipinski definition) is 2. The van der Waals surface area contributed by atoms with Gasteiger partial charge in [0.15, 0.2) is 0 Å². The molecule has 4 rings (SSSR count). The van der Waals surface area contributed by atoms with Crippen molar-refractivity contribution in [1.82, 2.24) is 20.0 Å². The number of hydrogen-bond acceptors (Lipinski definition) is 3. The number of nitrogens with zero attached hydrogens (tertiary/aromatic N) is 2. The molecule has 1 saturated heterocycles. The summed E-state index contributed by atoms with van der Waals surface area (Å²) < 4.78 is 1.87. The smallest absolute Gasteiger partial charge is 0.253 e. The van der Waals surface area contributed by atoms with Crippen LogP contribution < -0.4 is 10.6 Å². The van der Waals surface area contributed by atoms with Crippen molar-refractivity contribution in [3.8, 4) is 0 Å². The van der Waals surface area contributed by atoms with Crippen LogP contribution in [-0.4, -0.2) is 33.9 Å². The zero-order chi connectivity index (χ0) is 12.8. The molecular weight excluding hydrogens is 240 g/mol. The highest BCUT2D eigenvalue weighted by Gasteiger charge is 2.40. The summed E-state index contributed by atoms with van der Waals surface area (Å²) in [6.07, 6.45) is 7.63. The Labute approximate surface area is 111 Å². The van der Waals surface area contributed by atoms with E-state index in [1.54, 1.807) is 12.5 Å². The van der Waals surface area contributed by atoms with Crippen LogP contribution in [0.2, 0.25) is 0 Å². The highest BCUT2D eigenvalue weighted by atomic mass is 16.1. The quantitative estimate of drug-likeness (QED) is 0.836. The molecule has 0 radical (unpaired) electrons. The molecule has 98 valence electrons. The van der Waals surface area contributed by atoms with Crippen molar-refractivity contribution in [3.05, 3.63) is 36.4 Å². The Morgan fingerprint density at radius 1 is 1.42 bits per heavy atom. The van der Waals surface area contributed by atoms with Crippen molar-refractivity contribution < 1.29 is 4.79 Å². The van der Waals surface area contributed by atoms with Crippen LogP contribution in [0.4, 0.5) is 0 Å². The molecule has 2 N–H and O–H groups in total. The van der Waals surface area contributed by atoms with E-state index in [4.69, 9.17) is 0 Å². The fourth-order valence-electron chi connectivity index (χ4n) is 3.32. The zero-order valence-electron chi connectivity index (χ0n) is 10.5. The lowest BCUT2D eigenvalue weighted by atomic mass is 10.1. The van der Waals surface area contributed by atoms with Crippen LogP contribution in [0, 0.1) is 5.92 Å². The number of carbonyl (C=O) groups excluding carboxylic acids is 1. The van der Waals surface area contributed by atoms with Crippen molar-refractivity contribution in [2.45, 2.75) is 24.9 Å². The first kappa shape index (κ1) is 11.0. The van der Waals surface area contributed by atoms with Gasteiger partial charge in [0.25, 0.3) is 5.91 Å². The van der Waals surface area contributed by atoms with Crippen LogP contribution in [0.5, 0.6) is 0 Å². The predicted octanol–water partition coefficient (Wildman–Crippen LogP) is 0.814. The molecule has 0 spiro atoms. The second-order valence-electron chi connectivity index (χ2n) is 5.58. The summed E-state index contributed by atoms with van der Waals surface area (Å²) in [6.45, 7) is 1.11. The normalized spacial score (nSPS) is 28.9. The van der Waals surface area contributed by atoms with Gasteiger partial charge in [-0.25, -0.2) is 4.98 Å². The average Bonchev–Trinajstić information content (AvgIpc) is 3.13. The first-order chi connectivity index (χ1) is 9.29. The van der Waals surface area contributed by atoms with E-state index in [1.807, 2.05) is 22.7 Å². The standard InChI is InChI=1S/C14H16N4O/c19-14(17-13-4-9-3-12(13)16-5-9)10-1-2-11-6-15-8-18(11)7-10/h1-2,6-9,12-13,16H,3-5H2,(H,17,19)/t9-,12-,13-/m1/s1. The van der Waals surface area contributed by atoms with Crippen molar-refractivity contribution in [1.29, 1.82) is 0 Å². The Hall–Kier alpha value is -1.88. The molecule has 1 aliphatic carbocycles. The van der Waals surface area contributed by atoms with E-state index in [0.717, 1.165) is 24.4 Å². The Bertz CT molecular complexity index is 635. The van der Waals surface area contributed by atoms with Gasteiger partial charge >= 0.3 is 0 Å². The molecule has 2 aliphatic rings. The summed E-state index contributed by atoms with van der Waals surface area (Å²) in [5.41, 5.74) is 1.69. The van der Waals surface area contributed by atoms with E-state index in [2.05, 4.69) is 15.6 Å². The highest BCUT2D eigenvalue weighted by Crippen LogP contribution is 2.31. The zero-order valence-corrected chi connectivity index (χ0v) is 10.5. The molecule has 5 nitrogen and oxygen atoms in total. The summed E-state index contributed by atoms with van der Waals surface area (Å²) >= 11 is 0. The first-order valence-corrected chi connectivity index (χ1v) is 6.75. The van der Waals surface area contributed by atoms with Crippen LogP contribution in [0.25, 0.3) is 5.52 Å². The molecule has 3 atom stereocenters.